The van der Waals surface area contributed by atoms with Crippen molar-refractivity contribution >= 4 is 11.5 Å². The van der Waals surface area contributed by atoms with Crippen LogP contribution in [0.5, 0.6) is 0 Å². The zero-order chi connectivity index (χ0) is 11.8. The third-order valence-corrected chi connectivity index (χ3v) is 1.95. The fourth-order valence-electron chi connectivity index (χ4n) is 1.22. The molecule has 2 nitrogen and oxygen atoms in total. The number of benzene rings is 1. The van der Waals surface area contributed by atoms with Gasteiger partial charge in [0.15, 0.2) is 0 Å². The minimum absolute atomic E-state index is 0.355. The maximum atomic E-state index is 11.1. The molecule has 0 amide bonds. The monoisotopic (exact) mass is 214 g/mol. The Balaban J connectivity index is 2.79. The molecule has 0 aromatic heterocycles. The van der Waals surface area contributed by atoms with Crippen LogP contribution in [-0.4, -0.2) is 12.6 Å². The standard InChI is InChI=1S/C14H14O2/c1-3-12(10-11-14(15)16-4-2)13-8-6-5-7-9-13/h5-11H,1,4H2,2H3/b11-10+. The van der Waals surface area contributed by atoms with Crippen LogP contribution >= 0.6 is 0 Å². The van der Waals surface area contributed by atoms with E-state index in [-0.39, 0.29) is 5.97 Å². The van der Waals surface area contributed by atoms with Crippen LogP contribution in [0.3, 0.4) is 0 Å². The highest BCUT2D eigenvalue weighted by Crippen LogP contribution is 2.13. The molecule has 0 saturated carbocycles. The van der Waals surface area contributed by atoms with E-state index in [2.05, 4.69) is 12.3 Å². The molecule has 0 aliphatic heterocycles. The van der Waals surface area contributed by atoms with Crippen LogP contribution in [0.25, 0.3) is 5.57 Å². The Morgan fingerprint density at radius 2 is 2.06 bits per heavy atom. The van der Waals surface area contributed by atoms with Gasteiger partial charge in [-0.25, -0.2) is 4.79 Å². The molecular formula is C14H14O2. The molecular weight excluding hydrogens is 200 g/mol. The van der Waals surface area contributed by atoms with Gasteiger partial charge in [0.25, 0.3) is 0 Å². The van der Waals surface area contributed by atoms with Gasteiger partial charge in [0.1, 0.15) is 0 Å². The predicted molar refractivity (Wildman–Crippen MR) is 64.8 cm³/mol. The normalized spacial score (nSPS) is 9.81. The molecule has 0 radical (unpaired) electrons. The van der Waals surface area contributed by atoms with Gasteiger partial charge in [0.2, 0.25) is 0 Å². The minimum Gasteiger partial charge on any atom is -0.463 e. The highest BCUT2D eigenvalue weighted by atomic mass is 16.5. The highest BCUT2D eigenvalue weighted by Gasteiger charge is 1.97. The quantitative estimate of drug-likeness (QED) is 0.333. The summed E-state index contributed by atoms with van der Waals surface area (Å²) in [5.41, 5.74) is 4.53. The number of carbonyl (C=O) groups is 1. The van der Waals surface area contributed by atoms with Gasteiger partial charge in [-0.2, -0.15) is 0 Å². The van der Waals surface area contributed by atoms with E-state index in [1.54, 1.807) is 13.0 Å². The van der Waals surface area contributed by atoms with Crippen molar-refractivity contribution in [1.82, 2.24) is 0 Å². The summed E-state index contributed by atoms with van der Waals surface area (Å²) in [7, 11) is 0. The zero-order valence-corrected chi connectivity index (χ0v) is 9.27. The lowest BCUT2D eigenvalue weighted by molar-refractivity contribution is -0.137. The van der Waals surface area contributed by atoms with Gasteiger partial charge in [-0.3, -0.25) is 0 Å². The molecule has 0 N–H and O–H groups in total. The lowest BCUT2D eigenvalue weighted by Gasteiger charge is -1.99. The molecule has 1 rings (SSSR count). The molecule has 0 aliphatic carbocycles. The van der Waals surface area contributed by atoms with Crippen LogP contribution in [-0.2, 0) is 9.53 Å². The Hall–Kier alpha value is -2.05. The van der Waals surface area contributed by atoms with E-state index in [1.807, 2.05) is 30.3 Å². The summed E-state index contributed by atoms with van der Waals surface area (Å²) in [5.74, 6) is -0.355. The van der Waals surface area contributed by atoms with Gasteiger partial charge in [0.05, 0.1) is 6.61 Å². The van der Waals surface area contributed by atoms with Crippen LogP contribution in [0.1, 0.15) is 12.5 Å². The number of allylic oxidation sites excluding steroid dienone is 2. The van der Waals surface area contributed by atoms with Crippen LogP contribution in [0.2, 0.25) is 0 Å². The highest BCUT2D eigenvalue weighted by molar-refractivity contribution is 5.86. The Morgan fingerprint density at radius 1 is 1.38 bits per heavy atom. The van der Waals surface area contributed by atoms with Crippen molar-refractivity contribution in [3.63, 3.8) is 0 Å². The van der Waals surface area contributed by atoms with Crippen LogP contribution in [0, 0.1) is 0 Å². The molecule has 0 spiro atoms. The summed E-state index contributed by atoms with van der Waals surface area (Å²) in [6, 6.07) is 9.64. The average Bonchev–Trinajstić information content (AvgIpc) is 2.31. The third-order valence-electron chi connectivity index (χ3n) is 1.95. The molecule has 0 atom stereocenters. The zero-order valence-electron chi connectivity index (χ0n) is 9.27. The van der Waals surface area contributed by atoms with E-state index in [9.17, 15) is 4.79 Å². The van der Waals surface area contributed by atoms with Gasteiger partial charge in [-0.15, -0.1) is 5.73 Å². The van der Waals surface area contributed by atoms with E-state index < -0.39 is 0 Å². The molecule has 1 aromatic rings. The molecule has 0 heterocycles. The van der Waals surface area contributed by atoms with E-state index in [0.717, 1.165) is 11.1 Å². The first-order valence-electron chi connectivity index (χ1n) is 5.08. The van der Waals surface area contributed by atoms with Gasteiger partial charge < -0.3 is 4.74 Å². The Labute approximate surface area is 95.6 Å². The smallest absolute Gasteiger partial charge is 0.330 e. The van der Waals surface area contributed by atoms with Crippen LogP contribution in [0.4, 0.5) is 0 Å². The van der Waals surface area contributed by atoms with E-state index in [4.69, 9.17) is 4.74 Å². The van der Waals surface area contributed by atoms with Crippen molar-refractivity contribution in [3.8, 4) is 0 Å². The van der Waals surface area contributed by atoms with Crippen molar-refractivity contribution in [3.05, 3.63) is 60.4 Å². The topological polar surface area (TPSA) is 26.3 Å². The van der Waals surface area contributed by atoms with Crippen LogP contribution in [0.15, 0.2) is 54.8 Å². The average molecular weight is 214 g/mol. The lowest BCUT2D eigenvalue weighted by atomic mass is 10.1. The molecule has 0 aliphatic rings. The minimum atomic E-state index is -0.355. The van der Waals surface area contributed by atoms with E-state index in [0.29, 0.717) is 6.61 Å². The number of hydrogen-bond donors (Lipinski definition) is 0. The summed E-state index contributed by atoms with van der Waals surface area (Å²) >= 11 is 0. The van der Waals surface area contributed by atoms with E-state index in [1.165, 1.54) is 6.08 Å². The summed E-state index contributed by atoms with van der Waals surface area (Å²) in [4.78, 5) is 11.1. The maximum absolute atomic E-state index is 11.1. The maximum Gasteiger partial charge on any atom is 0.330 e. The fourth-order valence-corrected chi connectivity index (χ4v) is 1.22. The second kappa shape index (κ2) is 6.44. The van der Waals surface area contributed by atoms with Gasteiger partial charge in [0, 0.05) is 11.6 Å². The number of ether oxygens (including phenoxy) is 1. The van der Waals surface area contributed by atoms with Crippen molar-refractivity contribution in [2.45, 2.75) is 6.92 Å². The van der Waals surface area contributed by atoms with Crippen molar-refractivity contribution < 1.29 is 9.53 Å². The Kier molecular flexibility index (Phi) is 4.84. The summed E-state index contributed by atoms with van der Waals surface area (Å²) in [5, 5.41) is 0. The summed E-state index contributed by atoms with van der Waals surface area (Å²) in [6.45, 7) is 5.74. The number of hydrogen-bond acceptors (Lipinski definition) is 2. The molecule has 1 aromatic carbocycles. The largest absolute Gasteiger partial charge is 0.463 e. The lowest BCUT2D eigenvalue weighted by Crippen LogP contribution is -1.98. The number of rotatable bonds is 4. The fraction of sp³-hybridized carbons (Fsp3) is 0.143. The van der Waals surface area contributed by atoms with Crippen molar-refractivity contribution in [2.75, 3.05) is 6.61 Å². The van der Waals surface area contributed by atoms with Crippen molar-refractivity contribution in [1.29, 1.82) is 0 Å². The molecule has 0 saturated heterocycles. The Bertz CT molecular complexity index is 423. The predicted octanol–water partition coefficient (Wildman–Crippen LogP) is 2.97. The second-order valence-corrected chi connectivity index (χ2v) is 3.04. The second-order valence-electron chi connectivity index (χ2n) is 3.04. The van der Waals surface area contributed by atoms with Gasteiger partial charge in [-0.1, -0.05) is 36.9 Å². The molecule has 0 fully saturated rings. The number of carbonyl (C=O) groups excluding carboxylic acids is 1. The molecule has 2 heteroatoms. The molecule has 0 unspecified atom stereocenters. The van der Waals surface area contributed by atoms with Gasteiger partial charge in [-0.05, 0) is 18.6 Å². The van der Waals surface area contributed by atoms with Crippen molar-refractivity contribution in [2.24, 2.45) is 0 Å². The Morgan fingerprint density at radius 3 is 2.62 bits per heavy atom. The first kappa shape index (κ1) is 12.0. The SMILES string of the molecule is C=C=C(/C=C/C(=O)OCC)c1ccccc1. The summed E-state index contributed by atoms with van der Waals surface area (Å²) in [6.07, 6.45) is 3.03. The molecule has 0 bridgehead atoms. The number of esters is 1. The first-order chi connectivity index (χ1) is 7.77. The molecule has 16 heavy (non-hydrogen) atoms. The summed E-state index contributed by atoms with van der Waals surface area (Å²) < 4.78 is 4.79. The van der Waals surface area contributed by atoms with Crippen LogP contribution < -0.4 is 0 Å². The third kappa shape index (κ3) is 3.60. The molecule has 82 valence electrons. The first-order valence-corrected chi connectivity index (χ1v) is 5.08. The van der Waals surface area contributed by atoms with Gasteiger partial charge >= 0.3 is 5.97 Å². The van der Waals surface area contributed by atoms with E-state index >= 15 is 0 Å².